The number of rotatable bonds is 9. The molecule has 0 radical (unpaired) electrons. The Morgan fingerprint density at radius 1 is 1.19 bits per heavy atom. The molecule has 9 heteroatoms. The monoisotopic (exact) mass is 440 g/mol. The van der Waals surface area contributed by atoms with Gasteiger partial charge in [0.25, 0.3) is 5.89 Å². The maximum Gasteiger partial charge on any atom is 0.257 e. The van der Waals surface area contributed by atoms with Crippen LogP contribution in [0, 0.1) is 0 Å². The molecule has 0 spiro atoms. The van der Waals surface area contributed by atoms with Gasteiger partial charge in [0.1, 0.15) is 0 Å². The Morgan fingerprint density at radius 2 is 2.03 bits per heavy atom. The average Bonchev–Trinajstić information content (AvgIpc) is 3.53. The summed E-state index contributed by atoms with van der Waals surface area (Å²) in [6, 6.07) is 7.37. The first-order chi connectivity index (χ1) is 15.1. The van der Waals surface area contributed by atoms with E-state index >= 15 is 0 Å². The van der Waals surface area contributed by atoms with Gasteiger partial charge in [-0.25, -0.2) is 0 Å². The van der Waals surface area contributed by atoms with E-state index in [9.17, 15) is 9.59 Å². The van der Waals surface area contributed by atoms with Crippen molar-refractivity contribution in [3.63, 3.8) is 0 Å². The smallest absolute Gasteiger partial charge is 0.257 e. The number of hydrogen-bond donors (Lipinski definition) is 0. The van der Waals surface area contributed by atoms with Gasteiger partial charge >= 0.3 is 0 Å². The second-order valence-corrected chi connectivity index (χ2v) is 8.57. The van der Waals surface area contributed by atoms with Crippen LogP contribution in [0.5, 0.6) is 0 Å². The summed E-state index contributed by atoms with van der Waals surface area (Å²) in [4.78, 5) is 31.7. The van der Waals surface area contributed by atoms with E-state index in [-0.39, 0.29) is 24.2 Å². The Morgan fingerprint density at radius 3 is 2.74 bits per heavy atom. The number of ketones is 1. The number of ether oxygens (including phenoxy) is 1. The minimum Gasteiger partial charge on any atom is -0.420 e. The van der Waals surface area contributed by atoms with Crippen LogP contribution in [-0.2, 0) is 22.5 Å². The van der Waals surface area contributed by atoms with E-state index in [1.165, 1.54) is 18.3 Å². The fourth-order valence-electron chi connectivity index (χ4n) is 3.47. The van der Waals surface area contributed by atoms with Crippen LogP contribution in [0.4, 0.5) is 0 Å². The standard InChI is InChI=1S/C22H24N4O4S/c1-15(27)18-4-5-19(31-18)22-25-24-20(30-22)6-7-21(28)26(14-17-3-2-12-29-17)13-16-8-10-23-11-9-16/h4-5,8-11,17H,2-3,6-7,12-14H2,1H3. The predicted molar refractivity (Wildman–Crippen MR) is 115 cm³/mol. The first-order valence-corrected chi connectivity index (χ1v) is 11.1. The van der Waals surface area contributed by atoms with E-state index in [2.05, 4.69) is 15.2 Å². The van der Waals surface area contributed by atoms with Crippen molar-refractivity contribution in [3.05, 3.63) is 53.0 Å². The molecular weight excluding hydrogens is 416 g/mol. The lowest BCUT2D eigenvalue weighted by atomic mass is 10.1. The number of carbonyl (C=O) groups is 2. The van der Waals surface area contributed by atoms with Crippen LogP contribution in [0.2, 0.25) is 0 Å². The van der Waals surface area contributed by atoms with Gasteiger partial charge in [0.05, 0.1) is 15.9 Å². The van der Waals surface area contributed by atoms with Crippen LogP contribution in [0.25, 0.3) is 10.8 Å². The topological polar surface area (TPSA) is 98.4 Å². The second kappa shape index (κ2) is 9.93. The summed E-state index contributed by atoms with van der Waals surface area (Å²) < 4.78 is 11.5. The zero-order valence-electron chi connectivity index (χ0n) is 17.3. The maximum absolute atomic E-state index is 13.0. The van der Waals surface area contributed by atoms with Gasteiger partial charge in [-0.2, -0.15) is 0 Å². The van der Waals surface area contributed by atoms with Crippen LogP contribution in [-0.4, -0.2) is 51.0 Å². The predicted octanol–water partition coefficient (Wildman–Crippen LogP) is 3.54. The molecule has 0 N–H and O–H groups in total. The minimum atomic E-state index is 0.00196. The molecule has 1 amide bonds. The molecule has 0 aliphatic carbocycles. The van der Waals surface area contributed by atoms with Gasteiger partial charge in [-0.1, -0.05) is 0 Å². The third-order valence-corrected chi connectivity index (χ3v) is 6.28. The summed E-state index contributed by atoms with van der Waals surface area (Å²) in [7, 11) is 0. The summed E-state index contributed by atoms with van der Waals surface area (Å²) in [5, 5.41) is 8.13. The highest BCUT2D eigenvalue weighted by atomic mass is 32.1. The molecule has 0 aromatic carbocycles. The normalized spacial score (nSPS) is 15.8. The molecule has 1 saturated heterocycles. The lowest BCUT2D eigenvalue weighted by Crippen LogP contribution is -2.37. The SMILES string of the molecule is CC(=O)c1ccc(-c2nnc(CCC(=O)N(Cc3ccncc3)CC3CCCO3)o2)s1. The fraction of sp³-hybridized carbons (Fsp3) is 0.409. The molecule has 4 heterocycles. The number of aromatic nitrogens is 3. The lowest BCUT2D eigenvalue weighted by Gasteiger charge is -2.25. The van der Waals surface area contributed by atoms with E-state index in [0.717, 1.165) is 29.9 Å². The molecule has 3 aromatic heterocycles. The van der Waals surface area contributed by atoms with E-state index < -0.39 is 0 Å². The molecule has 1 fully saturated rings. The molecule has 1 unspecified atom stereocenters. The summed E-state index contributed by atoms with van der Waals surface area (Å²) in [5.74, 6) is 0.791. The zero-order valence-corrected chi connectivity index (χ0v) is 18.1. The molecule has 31 heavy (non-hydrogen) atoms. The number of pyridine rings is 1. The summed E-state index contributed by atoms with van der Waals surface area (Å²) in [5.41, 5.74) is 1.03. The van der Waals surface area contributed by atoms with Crippen molar-refractivity contribution in [2.75, 3.05) is 13.2 Å². The molecular formula is C22H24N4O4S. The summed E-state index contributed by atoms with van der Waals surface area (Å²) >= 11 is 1.32. The molecule has 3 aromatic rings. The number of nitrogens with zero attached hydrogens (tertiary/aromatic N) is 4. The first-order valence-electron chi connectivity index (χ1n) is 10.3. The van der Waals surface area contributed by atoms with Gasteiger partial charge < -0.3 is 14.1 Å². The van der Waals surface area contributed by atoms with Gasteiger partial charge in [-0.3, -0.25) is 14.6 Å². The second-order valence-electron chi connectivity index (χ2n) is 7.49. The highest BCUT2D eigenvalue weighted by Crippen LogP contribution is 2.27. The first kappa shape index (κ1) is 21.3. The van der Waals surface area contributed by atoms with Crippen LogP contribution >= 0.6 is 11.3 Å². The quantitative estimate of drug-likeness (QED) is 0.469. The number of hydrogen-bond acceptors (Lipinski definition) is 8. The highest BCUT2D eigenvalue weighted by Gasteiger charge is 2.23. The third-order valence-electron chi connectivity index (χ3n) is 5.11. The van der Waals surface area contributed by atoms with Crippen molar-refractivity contribution in [1.29, 1.82) is 0 Å². The fourth-order valence-corrected chi connectivity index (χ4v) is 4.29. The summed E-state index contributed by atoms with van der Waals surface area (Å²) in [6.07, 6.45) is 6.16. The Labute approximate surface area is 184 Å². The van der Waals surface area contributed by atoms with Crippen molar-refractivity contribution in [1.82, 2.24) is 20.1 Å². The van der Waals surface area contributed by atoms with Gasteiger partial charge in [0, 0.05) is 44.9 Å². The molecule has 162 valence electrons. The number of aryl methyl sites for hydroxylation is 1. The molecule has 1 aliphatic rings. The van der Waals surface area contributed by atoms with Crippen molar-refractivity contribution < 1.29 is 18.7 Å². The summed E-state index contributed by atoms with van der Waals surface area (Å²) in [6.45, 7) is 3.36. The Bertz CT molecular complexity index is 1030. The van der Waals surface area contributed by atoms with E-state index in [1.807, 2.05) is 17.0 Å². The van der Waals surface area contributed by atoms with Gasteiger partial charge in [-0.05, 0) is 49.6 Å². The molecule has 1 atom stereocenters. The van der Waals surface area contributed by atoms with Crippen LogP contribution in [0.15, 0.2) is 41.1 Å². The average molecular weight is 441 g/mol. The van der Waals surface area contributed by atoms with Crippen molar-refractivity contribution >= 4 is 23.0 Å². The van der Waals surface area contributed by atoms with E-state index in [1.54, 1.807) is 24.5 Å². The maximum atomic E-state index is 13.0. The highest BCUT2D eigenvalue weighted by molar-refractivity contribution is 7.17. The largest absolute Gasteiger partial charge is 0.420 e. The van der Waals surface area contributed by atoms with Gasteiger partial charge in [-0.15, -0.1) is 21.5 Å². The van der Waals surface area contributed by atoms with Crippen LogP contribution < -0.4 is 0 Å². The Balaban J connectivity index is 1.38. The molecule has 0 bridgehead atoms. The van der Waals surface area contributed by atoms with Gasteiger partial charge in [0.2, 0.25) is 11.8 Å². The number of thiophene rings is 1. The molecule has 4 rings (SSSR count). The van der Waals surface area contributed by atoms with Crippen LogP contribution in [0.1, 0.15) is 47.3 Å². The Hall–Kier alpha value is -2.91. The van der Waals surface area contributed by atoms with Crippen molar-refractivity contribution in [2.24, 2.45) is 0 Å². The molecule has 0 saturated carbocycles. The van der Waals surface area contributed by atoms with Crippen molar-refractivity contribution in [3.8, 4) is 10.8 Å². The van der Waals surface area contributed by atoms with E-state index in [0.29, 0.717) is 36.2 Å². The van der Waals surface area contributed by atoms with Gasteiger partial charge in [0.15, 0.2) is 5.78 Å². The molecule has 1 aliphatic heterocycles. The Kier molecular flexibility index (Phi) is 6.83. The number of Topliss-reactive ketones (excluding diaryl/α,β-unsaturated/α-hetero) is 1. The molecule has 8 nitrogen and oxygen atoms in total. The third kappa shape index (κ3) is 5.62. The minimum absolute atomic E-state index is 0.00196. The lowest BCUT2D eigenvalue weighted by molar-refractivity contribution is -0.133. The van der Waals surface area contributed by atoms with Crippen molar-refractivity contribution in [2.45, 2.75) is 45.3 Å². The van der Waals surface area contributed by atoms with E-state index in [4.69, 9.17) is 9.15 Å². The zero-order chi connectivity index (χ0) is 21.6. The van der Waals surface area contributed by atoms with Crippen LogP contribution in [0.3, 0.4) is 0 Å². The number of carbonyl (C=O) groups excluding carboxylic acids is 2. The number of amides is 1.